The van der Waals surface area contributed by atoms with E-state index in [0.717, 1.165) is 38.9 Å². The number of aliphatic imine (C=N–C) groups is 1. The van der Waals surface area contributed by atoms with E-state index in [2.05, 4.69) is 34.7 Å². The van der Waals surface area contributed by atoms with E-state index in [0.29, 0.717) is 101 Å². The number of amides is 3. The molecule has 4 aromatic rings. The van der Waals surface area contributed by atoms with Gasteiger partial charge in [-0.3, -0.25) is 23.9 Å². The predicted octanol–water partition coefficient (Wildman–Crippen LogP) is 4.87. The third-order valence-electron chi connectivity index (χ3n) is 10.4. The highest BCUT2D eigenvalue weighted by atomic mass is 35.5. The molecule has 0 aliphatic carbocycles. The van der Waals surface area contributed by atoms with Crippen LogP contribution in [0.15, 0.2) is 47.5 Å². The number of halogens is 2. The Bertz CT molecular complexity index is 2300. The van der Waals surface area contributed by atoms with E-state index in [1.54, 1.807) is 29.5 Å². The average molecular weight is 939 g/mol. The van der Waals surface area contributed by atoms with Crippen molar-refractivity contribution in [3.63, 3.8) is 0 Å². The Balaban J connectivity index is 0.801. The summed E-state index contributed by atoms with van der Waals surface area (Å²) in [7, 11) is 0. The van der Waals surface area contributed by atoms with Gasteiger partial charge in [-0.15, -0.1) is 33.1 Å². The summed E-state index contributed by atoms with van der Waals surface area (Å²) in [5.74, 6) is 1.06. The standard InChI is InChI=1S/C44H53Cl2N9O8S/c1-29-30(2)64-44-41(29)42(32-5-7-33(46)8-6-32)50-35(43-52-51-31(3)55(43)44)26-38(56)48-12-16-59-19-21-61-23-24-62-22-20-60-17-13-49-39(57)28-53-15-18-63-37-25-34(9-10-36(37)53)54(14-4-11-47)40(58)27-45/h5-10,25,35H,4,12-24,26-28H2,1-3H3,(H,48,56)(H,49,57)/t35-/m0/s1. The molecule has 17 nitrogen and oxygen atoms in total. The van der Waals surface area contributed by atoms with Crippen molar-refractivity contribution in [2.45, 2.75) is 39.7 Å². The monoisotopic (exact) mass is 937 g/mol. The molecule has 20 heteroatoms. The number of fused-ring (bicyclic) bond motifs is 4. The summed E-state index contributed by atoms with van der Waals surface area (Å²) in [5, 5.41) is 25.2. The fraction of sp³-hybridized carbons (Fsp3) is 0.477. The lowest BCUT2D eigenvalue weighted by Gasteiger charge is -2.32. The number of alkyl halides is 1. The lowest BCUT2D eigenvalue weighted by Crippen LogP contribution is -2.42. The summed E-state index contributed by atoms with van der Waals surface area (Å²) in [6.07, 6.45) is 0.261. The van der Waals surface area contributed by atoms with E-state index in [1.165, 1.54) is 9.78 Å². The Morgan fingerprint density at radius 2 is 1.58 bits per heavy atom. The summed E-state index contributed by atoms with van der Waals surface area (Å²) in [4.78, 5) is 47.9. The van der Waals surface area contributed by atoms with Crippen LogP contribution in [0, 0.1) is 32.1 Å². The van der Waals surface area contributed by atoms with Gasteiger partial charge in [-0.05, 0) is 50.6 Å². The zero-order valence-corrected chi connectivity index (χ0v) is 38.5. The SMILES string of the molecule is Cc1sc2c(c1C)C(c1ccc(Cl)cc1)=N[C@@H](CC(=O)NCCOCCOCCOCCOCCNC(=O)CN1CCOc3cc(N(CCC#N)C(=O)CCl)ccc31)c1nnc(C)n1-2. The van der Waals surface area contributed by atoms with Gasteiger partial charge in [-0.25, -0.2) is 0 Å². The van der Waals surface area contributed by atoms with Crippen molar-refractivity contribution in [2.24, 2.45) is 4.99 Å². The van der Waals surface area contributed by atoms with Gasteiger partial charge in [0.25, 0.3) is 0 Å². The van der Waals surface area contributed by atoms with E-state index < -0.39 is 6.04 Å². The maximum Gasteiger partial charge on any atom is 0.241 e. The van der Waals surface area contributed by atoms with E-state index in [1.807, 2.05) is 46.7 Å². The normalized spacial score (nSPS) is 14.0. The smallest absolute Gasteiger partial charge is 0.241 e. The molecular weight excluding hydrogens is 886 g/mol. The van der Waals surface area contributed by atoms with Crippen LogP contribution < -0.4 is 25.2 Å². The van der Waals surface area contributed by atoms with Crippen molar-refractivity contribution in [2.75, 3.05) is 108 Å². The first-order valence-electron chi connectivity index (χ1n) is 21.0. The number of hydrogen-bond acceptors (Lipinski definition) is 14. The lowest BCUT2D eigenvalue weighted by atomic mass is 9.99. The Hall–Kier alpha value is -5.13. The topological polar surface area (TPSA) is 195 Å². The maximum absolute atomic E-state index is 13.2. The number of nitrogens with one attached hydrogen (secondary N) is 2. The molecule has 342 valence electrons. The molecular formula is C44H53Cl2N9O8S. The van der Waals surface area contributed by atoms with Crippen LogP contribution in [-0.2, 0) is 33.3 Å². The van der Waals surface area contributed by atoms with Crippen LogP contribution in [0.25, 0.3) is 5.00 Å². The van der Waals surface area contributed by atoms with E-state index in [9.17, 15) is 14.4 Å². The molecule has 0 spiro atoms. The molecule has 0 saturated carbocycles. The second kappa shape index (κ2) is 24.2. The van der Waals surface area contributed by atoms with Crippen molar-refractivity contribution in [1.82, 2.24) is 25.4 Å². The van der Waals surface area contributed by atoms with Gasteiger partial charge in [0.1, 0.15) is 35.1 Å². The maximum atomic E-state index is 13.2. The Morgan fingerprint density at radius 1 is 0.922 bits per heavy atom. The van der Waals surface area contributed by atoms with Gasteiger partial charge < -0.3 is 44.1 Å². The highest BCUT2D eigenvalue weighted by molar-refractivity contribution is 7.15. The minimum absolute atomic E-state index is 0.0925. The predicted molar refractivity (Wildman–Crippen MR) is 245 cm³/mol. The van der Waals surface area contributed by atoms with Crippen LogP contribution in [-0.4, -0.2) is 136 Å². The van der Waals surface area contributed by atoms with Gasteiger partial charge in [0.2, 0.25) is 17.7 Å². The number of hydrogen-bond donors (Lipinski definition) is 2. The molecule has 6 rings (SSSR count). The first kappa shape index (κ1) is 48.3. The molecule has 2 aliphatic rings. The van der Waals surface area contributed by atoms with Gasteiger partial charge in [-0.1, -0.05) is 23.7 Å². The molecule has 64 heavy (non-hydrogen) atoms. The average Bonchev–Trinajstić information content (AvgIpc) is 3.77. The van der Waals surface area contributed by atoms with E-state index in [-0.39, 0.29) is 49.5 Å². The number of nitrogens with zero attached hydrogens (tertiary/aromatic N) is 7. The highest BCUT2D eigenvalue weighted by Crippen LogP contribution is 2.40. The minimum Gasteiger partial charge on any atom is -0.489 e. The molecule has 4 heterocycles. The Labute approximate surface area is 386 Å². The molecule has 2 aromatic carbocycles. The molecule has 2 aromatic heterocycles. The Kier molecular flexibility index (Phi) is 18.3. The minimum atomic E-state index is -0.552. The summed E-state index contributed by atoms with van der Waals surface area (Å²) in [6.45, 7) is 11.0. The summed E-state index contributed by atoms with van der Waals surface area (Å²) >= 11 is 13.7. The highest BCUT2D eigenvalue weighted by Gasteiger charge is 2.32. The second-order valence-corrected chi connectivity index (χ2v) is 16.7. The molecule has 0 saturated heterocycles. The quantitative estimate of drug-likeness (QED) is 0.0716. The van der Waals surface area contributed by atoms with Gasteiger partial charge in [0.05, 0.1) is 96.3 Å². The third kappa shape index (κ3) is 12.8. The number of ether oxygens (including phenoxy) is 5. The molecule has 1 atom stereocenters. The van der Waals surface area contributed by atoms with Crippen LogP contribution in [0.2, 0.25) is 5.02 Å². The van der Waals surface area contributed by atoms with Gasteiger partial charge in [0, 0.05) is 52.4 Å². The second-order valence-electron chi connectivity index (χ2n) is 14.8. The van der Waals surface area contributed by atoms with Gasteiger partial charge in [0.15, 0.2) is 5.82 Å². The molecule has 0 unspecified atom stereocenters. The molecule has 0 fully saturated rings. The number of benzene rings is 2. The Morgan fingerprint density at radius 3 is 2.23 bits per heavy atom. The lowest BCUT2D eigenvalue weighted by molar-refractivity contribution is -0.122. The van der Waals surface area contributed by atoms with Crippen LogP contribution in [0.1, 0.15) is 52.1 Å². The van der Waals surface area contributed by atoms with Crippen molar-refractivity contribution in [3.8, 4) is 16.8 Å². The van der Waals surface area contributed by atoms with Gasteiger partial charge >= 0.3 is 0 Å². The number of anilines is 2. The number of nitriles is 1. The summed E-state index contributed by atoms with van der Waals surface area (Å²) < 4.78 is 30.3. The fourth-order valence-corrected chi connectivity index (χ4v) is 8.61. The van der Waals surface area contributed by atoms with Crippen LogP contribution in [0.5, 0.6) is 5.75 Å². The first-order valence-corrected chi connectivity index (χ1v) is 22.8. The van der Waals surface area contributed by atoms with Crippen molar-refractivity contribution < 1.29 is 38.1 Å². The van der Waals surface area contributed by atoms with Crippen LogP contribution in [0.3, 0.4) is 0 Å². The molecule has 2 aliphatic heterocycles. The van der Waals surface area contributed by atoms with E-state index >= 15 is 0 Å². The van der Waals surface area contributed by atoms with Crippen LogP contribution >= 0.6 is 34.5 Å². The summed E-state index contributed by atoms with van der Waals surface area (Å²) in [6, 6.07) is 14.4. The van der Waals surface area contributed by atoms with Crippen molar-refractivity contribution >= 4 is 69.3 Å². The van der Waals surface area contributed by atoms with Crippen molar-refractivity contribution in [3.05, 3.63) is 80.7 Å². The first-order chi connectivity index (χ1) is 31.1. The molecule has 0 radical (unpaired) electrons. The fourth-order valence-electron chi connectivity index (χ4n) is 7.13. The number of rotatable bonds is 24. The largest absolute Gasteiger partial charge is 0.489 e. The number of aryl methyl sites for hydroxylation is 2. The molecule has 3 amide bonds. The number of carbonyl (C=O) groups excluding carboxylic acids is 3. The molecule has 0 bridgehead atoms. The zero-order chi connectivity index (χ0) is 45.4. The van der Waals surface area contributed by atoms with Crippen molar-refractivity contribution in [1.29, 1.82) is 5.26 Å². The van der Waals surface area contributed by atoms with Gasteiger partial charge in [-0.2, -0.15) is 5.26 Å². The third-order valence-corrected chi connectivity index (χ3v) is 12.1. The number of carbonyl (C=O) groups is 3. The number of aromatic nitrogens is 3. The number of thiophene rings is 1. The molecule has 2 N–H and O–H groups in total. The zero-order valence-electron chi connectivity index (χ0n) is 36.2. The van der Waals surface area contributed by atoms with Crippen LogP contribution in [0.4, 0.5) is 11.4 Å². The van der Waals surface area contributed by atoms with E-state index in [4.69, 9.17) is 57.1 Å². The summed E-state index contributed by atoms with van der Waals surface area (Å²) in [5.41, 5.74) is 5.17.